The molecule has 7 atom stereocenters. The Bertz CT molecular complexity index is 1440. The SMILES string of the molecule is CCC(CO)OC(COC(=O)CCCC(=O)NCCC(=O)Sc1ccccc1)OC.CCC(CO)OC(COC(=O)CCCC(=O)O)OC.CCCOC(CO)OC(CC)CO.CCN(CO)OC(CO)OC. The van der Waals surface area contributed by atoms with Crippen molar-refractivity contribution in [2.45, 2.75) is 154 Å². The number of methoxy groups -OCH3 is 3. The number of carboxylic acids is 1. The smallest absolute Gasteiger partial charge is 0.305 e. The Kier molecular flexibility index (Phi) is 52.5. The third-order valence-corrected chi connectivity index (χ3v) is 10.3. The molecule has 0 heterocycles. The van der Waals surface area contributed by atoms with Crippen LogP contribution in [0.15, 0.2) is 35.2 Å². The number of carbonyl (C=O) groups excluding carboxylic acids is 4. The van der Waals surface area contributed by atoms with Crippen molar-refractivity contribution in [3.63, 3.8) is 0 Å². The number of rotatable bonds is 40. The molecule has 7 unspecified atom stereocenters. The van der Waals surface area contributed by atoms with E-state index in [-0.39, 0.29) is 127 Å². The lowest BCUT2D eigenvalue weighted by atomic mass is 10.2. The molecule has 0 fully saturated rings. The molecule has 25 heteroatoms. The average molecular weight is 1080 g/mol. The normalized spacial score (nSPS) is 13.7. The zero-order chi connectivity index (χ0) is 55.7. The van der Waals surface area contributed by atoms with Crippen LogP contribution in [0.25, 0.3) is 0 Å². The van der Waals surface area contributed by atoms with Crippen molar-refractivity contribution in [3.8, 4) is 0 Å². The fraction of sp³-hybridized carbons (Fsp3) is 0.771. The zero-order valence-electron chi connectivity index (χ0n) is 44.1. The number of carbonyl (C=O) groups is 5. The minimum atomic E-state index is -0.945. The van der Waals surface area contributed by atoms with Crippen LogP contribution in [0.1, 0.15) is 105 Å². The number of amides is 1. The number of hydrogen-bond acceptors (Lipinski definition) is 23. The van der Waals surface area contributed by atoms with Crippen LogP contribution in [0.4, 0.5) is 0 Å². The molecule has 0 saturated heterocycles. The van der Waals surface area contributed by atoms with Gasteiger partial charge in [0.15, 0.2) is 30.3 Å². The zero-order valence-corrected chi connectivity index (χ0v) is 44.9. The summed E-state index contributed by atoms with van der Waals surface area (Å²) in [7, 11) is 4.26. The Hall–Kier alpha value is -3.48. The maximum atomic E-state index is 11.9. The van der Waals surface area contributed by atoms with Crippen molar-refractivity contribution in [1.82, 2.24) is 10.4 Å². The van der Waals surface area contributed by atoms with E-state index in [4.69, 9.17) is 83.2 Å². The molecule has 0 spiro atoms. The number of aliphatic carboxylic acids is 1. The third-order valence-electron chi connectivity index (χ3n) is 9.32. The van der Waals surface area contributed by atoms with Crippen molar-refractivity contribution in [3.05, 3.63) is 30.3 Å². The first-order valence-electron chi connectivity index (χ1n) is 24.4. The van der Waals surface area contributed by atoms with Gasteiger partial charge < -0.3 is 83.7 Å². The molecule has 0 radical (unpaired) electrons. The molecule has 0 aliphatic heterocycles. The first-order chi connectivity index (χ1) is 35.1. The standard InChI is InChI=1S/C21H31NO7S.C12H22O7.C9H20O4.C6H15NO4/c1-3-16(14-23)29-21(27-2)15-28-19(25)11-7-10-18(24)22-13-12-20(26)30-17-8-5-4-6-9-17;1-3-9(7-13)19-12(17-2)8-18-11(16)6-4-5-10(14)15;1-3-5-12-9(7-11)13-8(4-2)6-10;1-3-7(5-9)11-6(4-8)10-2/h4-6,8-9,16,21,23H,3,7,10-15H2,1-2H3,(H,22,24);9,12-13H,3-8H2,1-2H3,(H,14,15);8-11H,3-7H2,1-2H3;6,8-9H,3-5H2,1-2H3. The number of ether oxygens (including phenoxy) is 9. The summed E-state index contributed by atoms with van der Waals surface area (Å²) in [5.41, 5.74) is 0. The van der Waals surface area contributed by atoms with Crippen LogP contribution in [-0.4, -0.2) is 207 Å². The van der Waals surface area contributed by atoms with Gasteiger partial charge >= 0.3 is 17.9 Å². The number of hydroxylamine groups is 2. The Morgan fingerprint density at radius 3 is 1.45 bits per heavy atom. The Morgan fingerprint density at radius 2 is 1.07 bits per heavy atom. The van der Waals surface area contributed by atoms with Crippen molar-refractivity contribution in [2.24, 2.45) is 0 Å². The molecule has 0 aliphatic carbocycles. The maximum absolute atomic E-state index is 11.9. The van der Waals surface area contributed by atoms with E-state index >= 15 is 0 Å². The number of nitrogens with one attached hydrogen (secondary N) is 1. The predicted molar refractivity (Wildman–Crippen MR) is 266 cm³/mol. The number of carboxylic acid groups (broad SMARTS) is 1. The van der Waals surface area contributed by atoms with Crippen LogP contribution >= 0.6 is 11.8 Å². The van der Waals surface area contributed by atoms with Gasteiger partial charge in [-0.25, -0.2) is 0 Å². The minimum Gasteiger partial charge on any atom is -0.481 e. The van der Waals surface area contributed by atoms with E-state index < -0.39 is 43.1 Å². The number of benzene rings is 1. The molecular formula is C48H88N2O22S. The quantitative estimate of drug-likeness (QED) is 0.0203. The number of esters is 2. The van der Waals surface area contributed by atoms with Crippen LogP contribution < -0.4 is 5.32 Å². The highest BCUT2D eigenvalue weighted by Crippen LogP contribution is 2.19. The lowest BCUT2D eigenvalue weighted by Gasteiger charge is -2.21. The molecule has 24 nitrogen and oxygen atoms in total. The molecule has 0 bridgehead atoms. The van der Waals surface area contributed by atoms with Crippen LogP contribution in [0, 0.1) is 0 Å². The monoisotopic (exact) mass is 1080 g/mol. The van der Waals surface area contributed by atoms with E-state index in [1.54, 1.807) is 0 Å². The summed E-state index contributed by atoms with van der Waals surface area (Å²) in [6.45, 7) is 9.70. The van der Waals surface area contributed by atoms with Gasteiger partial charge in [-0.15, -0.1) is 0 Å². The van der Waals surface area contributed by atoms with E-state index in [9.17, 15) is 24.0 Å². The summed E-state index contributed by atoms with van der Waals surface area (Å²) in [5, 5.41) is 65.4. The molecule has 1 amide bonds. The van der Waals surface area contributed by atoms with Gasteiger partial charge in [-0.1, -0.05) is 57.7 Å². The summed E-state index contributed by atoms with van der Waals surface area (Å²) in [6.07, 6.45) is 0.0913. The first-order valence-corrected chi connectivity index (χ1v) is 25.2. The second-order valence-corrected chi connectivity index (χ2v) is 16.2. The average Bonchev–Trinajstić information content (AvgIpc) is 3.40. The number of aliphatic hydroxyl groups excluding tert-OH is 6. The van der Waals surface area contributed by atoms with Crippen molar-refractivity contribution >= 4 is 40.7 Å². The Morgan fingerprint density at radius 1 is 0.603 bits per heavy atom. The van der Waals surface area contributed by atoms with E-state index in [1.165, 1.54) is 26.4 Å². The summed E-state index contributed by atoms with van der Waals surface area (Å²) in [4.78, 5) is 62.9. The van der Waals surface area contributed by atoms with Crippen molar-refractivity contribution < 1.29 is 107 Å². The number of hydrogen-bond donors (Lipinski definition) is 8. The van der Waals surface area contributed by atoms with Gasteiger partial charge in [-0.05, 0) is 57.6 Å². The molecule has 1 rings (SSSR count). The van der Waals surface area contributed by atoms with Crippen LogP contribution in [0.3, 0.4) is 0 Å². The van der Waals surface area contributed by atoms with Crippen molar-refractivity contribution in [1.29, 1.82) is 0 Å². The molecule has 428 valence electrons. The first kappa shape index (κ1) is 73.8. The fourth-order valence-corrected chi connectivity index (χ4v) is 5.75. The van der Waals surface area contributed by atoms with Gasteiger partial charge in [-0.3, -0.25) is 28.8 Å². The molecule has 73 heavy (non-hydrogen) atoms. The summed E-state index contributed by atoms with van der Waals surface area (Å²) in [6, 6.07) is 9.32. The number of thioether (sulfide) groups is 1. The second-order valence-electron chi connectivity index (χ2n) is 15.1. The van der Waals surface area contributed by atoms with Crippen LogP contribution in [-0.2, 0) is 71.4 Å². The predicted octanol–water partition coefficient (Wildman–Crippen LogP) is 2.50. The molecule has 0 aromatic heterocycles. The van der Waals surface area contributed by atoms with Gasteiger partial charge in [0.25, 0.3) is 0 Å². The molecular weight excluding hydrogens is 989 g/mol. The Balaban J connectivity index is -0.000000975. The lowest BCUT2D eigenvalue weighted by Crippen LogP contribution is -2.33. The molecule has 1 aromatic rings. The summed E-state index contributed by atoms with van der Waals surface area (Å²) < 4.78 is 46.0. The van der Waals surface area contributed by atoms with Crippen LogP contribution in [0.2, 0.25) is 0 Å². The van der Waals surface area contributed by atoms with Crippen molar-refractivity contribution in [2.75, 3.05) is 94.0 Å². The maximum Gasteiger partial charge on any atom is 0.305 e. The number of nitrogens with zero attached hydrogens (tertiary/aromatic N) is 1. The highest BCUT2D eigenvalue weighted by Gasteiger charge is 2.19. The Labute approximate surface area is 435 Å². The van der Waals surface area contributed by atoms with Gasteiger partial charge in [0.2, 0.25) is 5.91 Å². The molecule has 0 aliphatic rings. The van der Waals surface area contributed by atoms with Gasteiger partial charge in [0.1, 0.15) is 19.9 Å². The third kappa shape index (κ3) is 44.5. The van der Waals surface area contributed by atoms with E-state index in [0.29, 0.717) is 38.8 Å². The van der Waals surface area contributed by atoms with Crippen LogP contribution in [0.5, 0.6) is 0 Å². The van der Waals surface area contributed by atoms with Gasteiger partial charge in [0.05, 0.1) is 51.3 Å². The number of aliphatic hydroxyl groups is 6. The van der Waals surface area contributed by atoms with E-state index in [0.717, 1.165) is 23.1 Å². The van der Waals surface area contributed by atoms with E-state index in [2.05, 4.69) is 5.32 Å². The van der Waals surface area contributed by atoms with Gasteiger partial charge in [0, 0.05) is 78.0 Å². The second kappa shape index (κ2) is 52.0. The fourth-order valence-electron chi connectivity index (χ4n) is 4.99. The highest BCUT2D eigenvalue weighted by atomic mass is 32.2. The topological polar surface area (TPSA) is 335 Å². The summed E-state index contributed by atoms with van der Waals surface area (Å²) in [5.74, 6) is -2.12. The molecule has 8 N–H and O–H groups in total. The molecule has 1 aromatic carbocycles. The summed E-state index contributed by atoms with van der Waals surface area (Å²) >= 11 is 1.15. The van der Waals surface area contributed by atoms with Gasteiger partial charge in [-0.2, -0.15) is 5.06 Å². The highest BCUT2D eigenvalue weighted by molar-refractivity contribution is 8.13. The molecule has 0 saturated carbocycles. The largest absolute Gasteiger partial charge is 0.481 e. The van der Waals surface area contributed by atoms with E-state index in [1.807, 2.05) is 65.0 Å². The minimum absolute atomic E-state index is 0.0218. The lowest BCUT2D eigenvalue weighted by molar-refractivity contribution is -0.298.